The van der Waals surface area contributed by atoms with E-state index in [1.807, 2.05) is 18.2 Å². The van der Waals surface area contributed by atoms with Gasteiger partial charge in [-0.25, -0.2) is 0 Å². The Labute approximate surface area is 128 Å². The van der Waals surface area contributed by atoms with Crippen molar-refractivity contribution < 1.29 is 9.72 Å². The summed E-state index contributed by atoms with van der Waals surface area (Å²) in [6.07, 6.45) is 2.13. The zero-order valence-electron chi connectivity index (χ0n) is 12.0. The van der Waals surface area contributed by atoms with Crippen LogP contribution in [0.3, 0.4) is 0 Å². The van der Waals surface area contributed by atoms with Crippen LogP contribution >= 0.6 is 0 Å². The maximum absolute atomic E-state index is 12.2. The molecule has 1 aliphatic rings. The van der Waals surface area contributed by atoms with Crippen molar-refractivity contribution in [3.05, 3.63) is 75.8 Å². The van der Waals surface area contributed by atoms with Gasteiger partial charge in [0.05, 0.1) is 4.92 Å². The number of hydrogen-bond donors (Lipinski definition) is 1. The van der Waals surface area contributed by atoms with Gasteiger partial charge < -0.3 is 5.32 Å². The summed E-state index contributed by atoms with van der Waals surface area (Å²) in [7, 11) is 0. The van der Waals surface area contributed by atoms with Gasteiger partial charge in [-0.2, -0.15) is 0 Å². The van der Waals surface area contributed by atoms with Crippen molar-refractivity contribution in [2.75, 3.05) is 6.54 Å². The molecule has 22 heavy (non-hydrogen) atoms. The zero-order chi connectivity index (χ0) is 15.6. The van der Waals surface area contributed by atoms with Crippen LogP contribution in [0.4, 0.5) is 5.69 Å². The van der Waals surface area contributed by atoms with Crippen molar-refractivity contribution in [3.63, 3.8) is 0 Å². The van der Waals surface area contributed by atoms with Crippen molar-refractivity contribution in [3.8, 4) is 0 Å². The van der Waals surface area contributed by atoms with E-state index in [9.17, 15) is 14.9 Å². The summed E-state index contributed by atoms with van der Waals surface area (Å²) < 4.78 is 0. The van der Waals surface area contributed by atoms with Crippen LogP contribution in [0.5, 0.6) is 0 Å². The van der Waals surface area contributed by atoms with Crippen LogP contribution in [0.25, 0.3) is 0 Å². The second-order valence-electron chi connectivity index (χ2n) is 5.63. The Morgan fingerprint density at radius 1 is 1.09 bits per heavy atom. The molecule has 2 aromatic carbocycles. The first kappa shape index (κ1) is 14.3. The van der Waals surface area contributed by atoms with Gasteiger partial charge in [0.15, 0.2) is 0 Å². The second kappa shape index (κ2) is 5.60. The number of rotatable bonds is 5. The van der Waals surface area contributed by atoms with Gasteiger partial charge in [-0.3, -0.25) is 14.9 Å². The molecular formula is C17H16N2O3. The van der Waals surface area contributed by atoms with Gasteiger partial charge in [-0.05, 0) is 30.5 Å². The van der Waals surface area contributed by atoms with E-state index in [1.54, 1.807) is 0 Å². The van der Waals surface area contributed by atoms with Crippen molar-refractivity contribution >= 4 is 11.6 Å². The Hall–Kier alpha value is -2.69. The van der Waals surface area contributed by atoms with E-state index in [0.717, 1.165) is 12.8 Å². The summed E-state index contributed by atoms with van der Waals surface area (Å²) in [5.41, 5.74) is 1.73. The van der Waals surface area contributed by atoms with Gasteiger partial charge in [-0.1, -0.05) is 30.3 Å². The molecule has 5 nitrogen and oxygen atoms in total. The van der Waals surface area contributed by atoms with E-state index in [4.69, 9.17) is 0 Å². The predicted octanol–water partition coefficient (Wildman–Crippen LogP) is 3.06. The molecule has 0 aliphatic heterocycles. The number of non-ortho nitro benzene ring substituents is 1. The highest BCUT2D eigenvalue weighted by Gasteiger charge is 2.44. The minimum Gasteiger partial charge on any atom is -0.351 e. The van der Waals surface area contributed by atoms with Crippen LogP contribution in [0.1, 0.15) is 28.8 Å². The third-order valence-electron chi connectivity index (χ3n) is 4.17. The third kappa shape index (κ3) is 2.83. The lowest BCUT2D eigenvalue weighted by molar-refractivity contribution is -0.384. The Morgan fingerprint density at radius 2 is 1.73 bits per heavy atom. The molecule has 1 amide bonds. The largest absolute Gasteiger partial charge is 0.351 e. The number of nitro benzene ring substituents is 1. The molecule has 0 saturated heterocycles. The fourth-order valence-corrected chi connectivity index (χ4v) is 2.60. The fourth-order valence-electron chi connectivity index (χ4n) is 2.60. The molecule has 0 spiro atoms. The van der Waals surface area contributed by atoms with Gasteiger partial charge in [-0.15, -0.1) is 0 Å². The molecule has 0 radical (unpaired) electrons. The number of hydrogen-bond acceptors (Lipinski definition) is 3. The summed E-state index contributed by atoms with van der Waals surface area (Å²) in [6, 6.07) is 15.8. The Bertz CT molecular complexity index is 692. The van der Waals surface area contributed by atoms with Crippen LogP contribution in [0.2, 0.25) is 0 Å². The maximum Gasteiger partial charge on any atom is 0.269 e. The first-order chi connectivity index (χ1) is 10.6. The number of amides is 1. The normalized spacial score (nSPS) is 15.1. The second-order valence-corrected chi connectivity index (χ2v) is 5.63. The van der Waals surface area contributed by atoms with Gasteiger partial charge in [0.25, 0.3) is 11.6 Å². The van der Waals surface area contributed by atoms with Gasteiger partial charge in [0.1, 0.15) is 0 Å². The smallest absolute Gasteiger partial charge is 0.269 e. The SMILES string of the molecule is O=C(NCC1(c2ccccc2)CC1)c1ccc([N+](=O)[O-])cc1. The molecule has 1 aliphatic carbocycles. The van der Waals surface area contributed by atoms with Crippen LogP contribution in [-0.2, 0) is 5.41 Å². The standard InChI is InChI=1S/C17H16N2O3/c20-16(13-6-8-15(9-7-13)19(21)22)18-12-17(10-11-17)14-4-2-1-3-5-14/h1-9H,10-12H2,(H,18,20). The number of carbonyl (C=O) groups is 1. The minimum absolute atomic E-state index is 0.0144. The molecule has 2 aromatic rings. The summed E-state index contributed by atoms with van der Waals surface area (Å²) in [4.78, 5) is 22.3. The summed E-state index contributed by atoms with van der Waals surface area (Å²) >= 11 is 0. The minimum atomic E-state index is -0.476. The van der Waals surface area contributed by atoms with E-state index in [2.05, 4.69) is 17.4 Å². The molecule has 1 N–H and O–H groups in total. The summed E-state index contributed by atoms with van der Waals surface area (Å²) in [5.74, 6) is -0.197. The Kier molecular flexibility index (Phi) is 3.63. The fraction of sp³-hybridized carbons (Fsp3) is 0.235. The van der Waals surface area contributed by atoms with E-state index in [-0.39, 0.29) is 17.0 Å². The molecule has 0 atom stereocenters. The third-order valence-corrected chi connectivity index (χ3v) is 4.17. The molecular weight excluding hydrogens is 280 g/mol. The molecule has 0 unspecified atom stereocenters. The lowest BCUT2D eigenvalue weighted by Crippen LogP contribution is -2.32. The quantitative estimate of drug-likeness (QED) is 0.681. The molecule has 1 fully saturated rings. The van der Waals surface area contributed by atoms with Crippen LogP contribution in [0, 0.1) is 10.1 Å². The monoisotopic (exact) mass is 296 g/mol. The van der Waals surface area contributed by atoms with Crippen LogP contribution < -0.4 is 5.32 Å². The average molecular weight is 296 g/mol. The average Bonchev–Trinajstić information content (AvgIpc) is 3.35. The predicted molar refractivity (Wildman–Crippen MR) is 82.8 cm³/mol. The summed E-state index contributed by atoms with van der Waals surface area (Å²) in [6.45, 7) is 0.590. The molecule has 0 aromatic heterocycles. The van der Waals surface area contributed by atoms with Crippen molar-refractivity contribution in [1.82, 2.24) is 5.32 Å². The summed E-state index contributed by atoms with van der Waals surface area (Å²) in [5, 5.41) is 13.5. The lowest BCUT2D eigenvalue weighted by Gasteiger charge is -2.16. The van der Waals surface area contributed by atoms with Gasteiger partial charge >= 0.3 is 0 Å². The number of benzene rings is 2. The molecule has 5 heteroatoms. The van der Waals surface area contributed by atoms with Crippen molar-refractivity contribution in [2.45, 2.75) is 18.3 Å². The molecule has 0 heterocycles. The van der Waals surface area contributed by atoms with Crippen molar-refractivity contribution in [1.29, 1.82) is 0 Å². The first-order valence-corrected chi connectivity index (χ1v) is 7.19. The lowest BCUT2D eigenvalue weighted by atomic mass is 9.96. The number of nitro groups is 1. The van der Waals surface area contributed by atoms with Crippen molar-refractivity contribution in [2.24, 2.45) is 0 Å². The molecule has 112 valence electrons. The van der Waals surface area contributed by atoms with Crippen LogP contribution in [0.15, 0.2) is 54.6 Å². The molecule has 0 bridgehead atoms. The number of carbonyl (C=O) groups excluding carboxylic acids is 1. The molecule has 3 rings (SSSR count). The number of nitrogens with one attached hydrogen (secondary N) is 1. The maximum atomic E-state index is 12.2. The van der Waals surface area contributed by atoms with E-state index in [1.165, 1.54) is 29.8 Å². The highest BCUT2D eigenvalue weighted by molar-refractivity contribution is 5.94. The van der Waals surface area contributed by atoms with Gasteiger partial charge in [0, 0.05) is 29.7 Å². The number of nitrogens with zero attached hydrogens (tertiary/aromatic N) is 1. The highest BCUT2D eigenvalue weighted by atomic mass is 16.6. The first-order valence-electron chi connectivity index (χ1n) is 7.19. The Balaban J connectivity index is 1.64. The highest BCUT2D eigenvalue weighted by Crippen LogP contribution is 2.47. The van der Waals surface area contributed by atoms with E-state index >= 15 is 0 Å². The Morgan fingerprint density at radius 3 is 2.27 bits per heavy atom. The van der Waals surface area contributed by atoms with Crippen LogP contribution in [-0.4, -0.2) is 17.4 Å². The van der Waals surface area contributed by atoms with E-state index in [0.29, 0.717) is 12.1 Å². The topological polar surface area (TPSA) is 72.2 Å². The zero-order valence-corrected chi connectivity index (χ0v) is 12.0. The van der Waals surface area contributed by atoms with E-state index < -0.39 is 4.92 Å². The van der Waals surface area contributed by atoms with Gasteiger partial charge in [0.2, 0.25) is 0 Å². The molecule has 1 saturated carbocycles.